The lowest BCUT2D eigenvalue weighted by atomic mass is 9.94. The van der Waals surface area contributed by atoms with Crippen molar-refractivity contribution in [3.8, 4) is 5.75 Å². The Morgan fingerprint density at radius 2 is 1.84 bits per heavy atom. The Morgan fingerprint density at radius 3 is 2.39 bits per heavy atom. The molecule has 10 heteroatoms. The first-order chi connectivity index (χ1) is 14.4. The van der Waals surface area contributed by atoms with Crippen LogP contribution in [0.5, 0.6) is 5.75 Å². The molecule has 2 heterocycles. The van der Waals surface area contributed by atoms with Gasteiger partial charge in [0.05, 0.1) is 10.6 Å². The number of piperidine rings is 1. The van der Waals surface area contributed by atoms with Gasteiger partial charge in [0.25, 0.3) is 0 Å². The number of nitrogens with zero attached hydrogens (tertiary/aromatic N) is 2. The van der Waals surface area contributed by atoms with Crippen LogP contribution in [-0.4, -0.2) is 49.3 Å². The average Bonchev–Trinajstić information content (AvgIpc) is 3.15. The minimum Gasteiger partial charge on any atom is -0.487 e. The van der Waals surface area contributed by atoms with Crippen molar-refractivity contribution in [1.29, 1.82) is 0 Å². The predicted molar refractivity (Wildman–Crippen MR) is 116 cm³/mol. The molecule has 1 fully saturated rings. The summed E-state index contributed by atoms with van der Waals surface area (Å²) >= 11 is 1.24. The van der Waals surface area contributed by atoms with Crippen molar-refractivity contribution in [3.63, 3.8) is 0 Å². The molecule has 3 rings (SSSR count). The van der Waals surface area contributed by atoms with Gasteiger partial charge in [-0.3, -0.25) is 0 Å². The first-order valence-electron chi connectivity index (χ1n) is 9.90. The molecule has 170 valence electrons. The van der Waals surface area contributed by atoms with Gasteiger partial charge in [0.2, 0.25) is 0 Å². The maximum Gasteiger partial charge on any atom is 0.410 e. The smallest absolute Gasteiger partial charge is 0.410 e. The van der Waals surface area contributed by atoms with Crippen LogP contribution in [0.3, 0.4) is 0 Å². The molecule has 31 heavy (non-hydrogen) atoms. The lowest BCUT2D eigenvalue weighted by Gasteiger charge is -2.36. The molecular weight excluding hydrogens is 443 g/mol. The van der Waals surface area contributed by atoms with Crippen LogP contribution in [0.2, 0.25) is 0 Å². The van der Waals surface area contributed by atoms with E-state index >= 15 is 4.39 Å². The number of thiazole rings is 1. The van der Waals surface area contributed by atoms with Crippen LogP contribution in [0.15, 0.2) is 34.5 Å². The molecule has 0 spiro atoms. The van der Waals surface area contributed by atoms with Crippen molar-refractivity contribution in [1.82, 2.24) is 9.88 Å². The zero-order chi connectivity index (χ0) is 22.9. The molecule has 1 aliphatic rings. The highest BCUT2D eigenvalue weighted by molar-refractivity contribution is 7.90. The average molecular weight is 471 g/mol. The first-order valence-corrected chi connectivity index (χ1v) is 12.7. The number of benzene rings is 1. The van der Waals surface area contributed by atoms with E-state index in [0.717, 1.165) is 6.26 Å². The minimum absolute atomic E-state index is 0.148. The second-order valence-electron chi connectivity index (χ2n) is 8.61. The number of hydrogen-bond acceptors (Lipinski definition) is 7. The standard InChI is InChI=1S/C21H27FN2O5S2/c1-20(2,3)29-19(25)24-11-9-21(22,10-12-24)18-23-15(14-30-18)13-28-16-5-7-17(8-6-16)31(4,26)27/h5-8,14H,9-13H2,1-4H3. The Morgan fingerprint density at radius 1 is 1.23 bits per heavy atom. The van der Waals surface area contributed by atoms with Crippen LogP contribution in [0, 0.1) is 0 Å². The summed E-state index contributed by atoms with van der Waals surface area (Å²) in [5.41, 5.74) is -1.58. The molecule has 1 amide bonds. The van der Waals surface area contributed by atoms with Gasteiger partial charge in [-0.25, -0.2) is 22.6 Å². The molecule has 0 bridgehead atoms. The Labute approximate surface area is 186 Å². The van der Waals surface area contributed by atoms with Gasteiger partial charge in [0, 0.05) is 37.6 Å². The topological polar surface area (TPSA) is 85.8 Å². The van der Waals surface area contributed by atoms with Gasteiger partial charge < -0.3 is 14.4 Å². The number of carbonyl (C=O) groups excluding carboxylic acids is 1. The normalized spacial score (nSPS) is 16.7. The number of carbonyl (C=O) groups is 1. The summed E-state index contributed by atoms with van der Waals surface area (Å²) < 4.78 is 49.5. The fourth-order valence-electron chi connectivity index (χ4n) is 3.10. The first kappa shape index (κ1) is 23.5. The van der Waals surface area contributed by atoms with Crippen molar-refractivity contribution >= 4 is 27.3 Å². The molecule has 0 N–H and O–H groups in total. The Kier molecular flexibility index (Phi) is 6.61. The van der Waals surface area contributed by atoms with Gasteiger partial charge >= 0.3 is 6.09 Å². The SMILES string of the molecule is CC(C)(C)OC(=O)N1CCC(F)(c2nc(COc3ccc(S(C)(=O)=O)cc3)cs2)CC1. The van der Waals surface area contributed by atoms with Crippen molar-refractivity contribution in [2.24, 2.45) is 0 Å². The van der Waals surface area contributed by atoms with Gasteiger partial charge in [0.1, 0.15) is 23.0 Å². The Bertz CT molecular complexity index is 1020. The number of likely N-dealkylation sites (tertiary alicyclic amines) is 1. The van der Waals surface area contributed by atoms with Gasteiger partial charge in [-0.05, 0) is 45.0 Å². The van der Waals surface area contributed by atoms with E-state index in [2.05, 4.69) is 4.98 Å². The Balaban J connectivity index is 1.56. The third-order valence-electron chi connectivity index (χ3n) is 4.78. The number of halogens is 1. The van der Waals surface area contributed by atoms with Crippen LogP contribution in [0.25, 0.3) is 0 Å². The molecular formula is C21H27FN2O5S2. The van der Waals surface area contributed by atoms with E-state index < -0.39 is 27.2 Å². The van der Waals surface area contributed by atoms with E-state index in [1.165, 1.54) is 28.4 Å². The summed E-state index contributed by atoms with van der Waals surface area (Å²) in [6, 6.07) is 6.11. The van der Waals surface area contributed by atoms with E-state index in [4.69, 9.17) is 9.47 Å². The maximum atomic E-state index is 15.5. The second kappa shape index (κ2) is 8.74. The second-order valence-corrected chi connectivity index (χ2v) is 11.5. The Hall–Kier alpha value is -2.20. The van der Waals surface area contributed by atoms with Crippen LogP contribution < -0.4 is 4.74 Å². The molecule has 1 aromatic carbocycles. The van der Waals surface area contributed by atoms with Gasteiger partial charge in [-0.1, -0.05) is 0 Å². The highest BCUT2D eigenvalue weighted by Crippen LogP contribution is 2.39. The monoisotopic (exact) mass is 470 g/mol. The number of sulfone groups is 1. The fourth-order valence-corrected chi connectivity index (χ4v) is 4.69. The van der Waals surface area contributed by atoms with Gasteiger partial charge in [-0.15, -0.1) is 11.3 Å². The molecule has 0 radical (unpaired) electrons. The summed E-state index contributed by atoms with van der Waals surface area (Å²) in [4.78, 5) is 18.3. The molecule has 2 aromatic rings. The zero-order valence-electron chi connectivity index (χ0n) is 18.1. The number of aromatic nitrogens is 1. The summed E-state index contributed by atoms with van der Waals surface area (Å²) in [5.74, 6) is 0.502. The fraction of sp³-hybridized carbons (Fsp3) is 0.524. The van der Waals surface area contributed by atoms with E-state index in [1.54, 1.807) is 38.3 Å². The lowest BCUT2D eigenvalue weighted by Crippen LogP contribution is -2.45. The maximum absolute atomic E-state index is 15.5. The van der Waals surface area contributed by atoms with Crippen LogP contribution >= 0.6 is 11.3 Å². The van der Waals surface area contributed by atoms with Crippen molar-refractivity contribution in [2.75, 3.05) is 19.3 Å². The minimum atomic E-state index is -3.26. The zero-order valence-corrected chi connectivity index (χ0v) is 19.7. The molecule has 0 atom stereocenters. The molecule has 0 aliphatic carbocycles. The van der Waals surface area contributed by atoms with Crippen molar-refractivity contribution in [3.05, 3.63) is 40.3 Å². The lowest BCUT2D eigenvalue weighted by molar-refractivity contribution is 0.00211. The molecule has 7 nitrogen and oxygen atoms in total. The highest BCUT2D eigenvalue weighted by atomic mass is 32.2. The van der Waals surface area contributed by atoms with Gasteiger partial charge in [-0.2, -0.15) is 0 Å². The quantitative estimate of drug-likeness (QED) is 0.647. The molecule has 1 aromatic heterocycles. The number of rotatable bonds is 5. The highest BCUT2D eigenvalue weighted by Gasteiger charge is 2.41. The molecule has 0 unspecified atom stereocenters. The van der Waals surface area contributed by atoms with Crippen molar-refractivity contribution in [2.45, 2.75) is 56.4 Å². The number of alkyl halides is 1. The van der Waals surface area contributed by atoms with Crippen LogP contribution in [0.1, 0.15) is 44.3 Å². The van der Waals surface area contributed by atoms with E-state index in [1.807, 2.05) is 0 Å². The summed E-state index contributed by atoms with van der Waals surface area (Å²) in [7, 11) is -3.26. The van der Waals surface area contributed by atoms with Crippen molar-refractivity contribution < 1.29 is 27.1 Å². The number of hydrogen-bond donors (Lipinski definition) is 0. The van der Waals surface area contributed by atoms with E-state index in [-0.39, 0.29) is 37.4 Å². The summed E-state index contributed by atoms with van der Waals surface area (Å²) in [6.07, 6.45) is 1.04. The van der Waals surface area contributed by atoms with Crippen LogP contribution in [0.4, 0.5) is 9.18 Å². The van der Waals surface area contributed by atoms with Crippen LogP contribution in [-0.2, 0) is 26.8 Å². The largest absolute Gasteiger partial charge is 0.487 e. The molecule has 1 saturated heterocycles. The third-order valence-corrected chi connectivity index (χ3v) is 6.98. The summed E-state index contributed by atoms with van der Waals surface area (Å²) in [5, 5.41) is 2.13. The number of ether oxygens (including phenoxy) is 2. The van der Waals surface area contributed by atoms with E-state index in [0.29, 0.717) is 16.5 Å². The molecule has 0 saturated carbocycles. The summed E-state index contributed by atoms with van der Waals surface area (Å²) in [6.45, 7) is 6.08. The number of amides is 1. The predicted octanol–water partition coefficient (Wildman–Crippen LogP) is 4.32. The van der Waals surface area contributed by atoms with Gasteiger partial charge in [0.15, 0.2) is 15.5 Å². The third kappa shape index (κ3) is 6.16. The molecule has 1 aliphatic heterocycles. The van der Waals surface area contributed by atoms with E-state index in [9.17, 15) is 13.2 Å².